The van der Waals surface area contributed by atoms with Crippen LogP contribution in [0.2, 0.25) is 0 Å². The Kier molecular flexibility index (Phi) is 21.2. The summed E-state index contributed by atoms with van der Waals surface area (Å²) >= 11 is 0. The van der Waals surface area contributed by atoms with Crippen molar-refractivity contribution < 1.29 is 49.0 Å². The van der Waals surface area contributed by atoms with Crippen LogP contribution < -0.4 is 0 Å². The lowest BCUT2D eigenvalue weighted by molar-refractivity contribution is -0.204. The molecule has 1 aliphatic rings. The molecule has 10 nitrogen and oxygen atoms in total. The lowest BCUT2D eigenvalue weighted by atomic mass is 9.79. The van der Waals surface area contributed by atoms with Gasteiger partial charge in [0.1, 0.15) is 18.3 Å². The number of aliphatic hydroxyl groups is 5. The molecule has 1 saturated carbocycles. The minimum atomic E-state index is -4.38. The second kappa shape index (κ2) is 22.4. The van der Waals surface area contributed by atoms with Crippen molar-refractivity contribution >= 4 is 7.60 Å². The van der Waals surface area contributed by atoms with E-state index >= 15 is 0 Å². The zero-order chi connectivity index (χ0) is 29.8. The second-order valence-electron chi connectivity index (χ2n) is 11.4. The van der Waals surface area contributed by atoms with Crippen molar-refractivity contribution in [3.63, 3.8) is 0 Å². The van der Waals surface area contributed by atoms with Gasteiger partial charge in [0.25, 0.3) is 0 Å². The molecule has 6 N–H and O–H groups in total. The van der Waals surface area contributed by atoms with E-state index in [1.807, 2.05) is 0 Å². The molecule has 0 heterocycles. The highest BCUT2D eigenvalue weighted by atomic mass is 31.2. The number of rotatable bonds is 25. The van der Waals surface area contributed by atoms with Gasteiger partial charge in [-0.3, -0.25) is 9.09 Å². The normalized spacial score (nSPS) is 27.5. The third-order valence-electron chi connectivity index (χ3n) is 7.96. The lowest BCUT2D eigenvalue weighted by Crippen LogP contribution is -2.62. The molecule has 0 radical (unpaired) electrons. The van der Waals surface area contributed by atoms with Crippen LogP contribution in [-0.2, 0) is 18.6 Å². The SMILES string of the molecule is CCCCCCCCCCCCCCCCCCOC[C@H](CP(=O)(O)O[C@H]1[C@H](O)[C@@H](O)[C@H](O)[C@@H](CO)[C@H]1O)OC. The molecule has 40 heavy (non-hydrogen) atoms. The van der Waals surface area contributed by atoms with E-state index in [1.54, 1.807) is 0 Å². The van der Waals surface area contributed by atoms with E-state index in [0.29, 0.717) is 6.61 Å². The maximum absolute atomic E-state index is 12.7. The Bertz CT molecular complexity index is 654. The molecule has 0 aromatic carbocycles. The number of ether oxygens (including phenoxy) is 2. The summed E-state index contributed by atoms with van der Waals surface area (Å²) in [5.74, 6) is -1.23. The molecule has 0 amide bonds. The first-order valence-electron chi connectivity index (χ1n) is 15.6. The summed E-state index contributed by atoms with van der Waals surface area (Å²) in [4.78, 5) is 10.3. The van der Waals surface area contributed by atoms with Gasteiger partial charge in [0, 0.05) is 19.6 Å². The second-order valence-corrected chi connectivity index (χ2v) is 13.3. The first-order chi connectivity index (χ1) is 19.2. The standard InChI is InChI=1S/C29H59O10P/c1-3-4-5-6-7-8-9-10-11-12-13-14-15-16-17-18-19-38-21-23(37-2)22-40(35,36)39-29-26(32)24(20-30)25(31)27(33)28(29)34/h23-34H,3-22H2,1-2H3,(H,35,36)/t23-,24-,25-,26-,27+,28-,29-/m1/s1. The van der Waals surface area contributed by atoms with Crippen molar-refractivity contribution in [1.29, 1.82) is 0 Å². The van der Waals surface area contributed by atoms with Crippen LogP contribution in [-0.4, -0.2) is 100 Å². The van der Waals surface area contributed by atoms with Gasteiger partial charge in [0.05, 0.1) is 37.7 Å². The monoisotopic (exact) mass is 598 g/mol. The minimum absolute atomic E-state index is 0.0829. The molecule has 11 heteroatoms. The summed E-state index contributed by atoms with van der Waals surface area (Å²) in [6, 6.07) is 0. The van der Waals surface area contributed by atoms with Crippen molar-refractivity contribution in [3.8, 4) is 0 Å². The zero-order valence-corrected chi connectivity index (χ0v) is 25.8. The van der Waals surface area contributed by atoms with Gasteiger partial charge in [0.15, 0.2) is 0 Å². The van der Waals surface area contributed by atoms with E-state index in [0.717, 1.165) is 19.3 Å². The Morgan fingerprint density at radius 2 is 1.18 bits per heavy atom. The van der Waals surface area contributed by atoms with Crippen molar-refractivity contribution in [2.45, 2.75) is 146 Å². The highest BCUT2D eigenvalue weighted by Crippen LogP contribution is 2.47. The van der Waals surface area contributed by atoms with Gasteiger partial charge in [-0.15, -0.1) is 0 Å². The molecular formula is C29H59O10P. The summed E-state index contributed by atoms with van der Waals surface area (Å²) < 4.78 is 28.7. The Balaban J connectivity index is 2.11. The Morgan fingerprint density at radius 1 is 0.700 bits per heavy atom. The van der Waals surface area contributed by atoms with E-state index < -0.39 is 62.9 Å². The van der Waals surface area contributed by atoms with Gasteiger partial charge in [-0.1, -0.05) is 103 Å². The largest absolute Gasteiger partial charge is 0.396 e. The molecule has 8 atom stereocenters. The molecule has 0 aliphatic heterocycles. The Labute approximate surface area is 242 Å². The number of unbranched alkanes of at least 4 members (excludes halogenated alkanes) is 15. The number of hydrogen-bond donors (Lipinski definition) is 6. The van der Waals surface area contributed by atoms with E-state index in [-0.39, 0.29) is 6.61 Å². The fraction of sp³-hybridized carbons (Fsp3) is 1.00. The average Bonchev–Trinajstić information content (AvgIpc) is 2.93. The summed E-state index contributed by atoms with van der Waals surface area (Å²) in [6.07, 6.45) is 11.0. The molecule has 240 valence electrons. The van der Waals surface area contributed by atoms with Gasteiger partial charge in [0.2, 0.25) is 0 Å². The topological polar surface area (TPSA) is 166 Å². The van der Waals surface area contributed by atoms with Crippen LogP contribution in [0.5, 0.6) is 0 Å². The lowest BCUT2D eigenvalue weighted by Gasteiger charge is -2.43. The number of hydrogen-bond acceptors (Lipinski definition) is 9. The van der Waals surface area contributed by atoms with Crippen LogP contribution in [0.1, 0.15) is 110 Å². The molecule has 0 bridgehead atoms. The quantitative estimate of drug-likeness (QED) is 0.0670. The fourth-order valence-corrected chi connectivity index (χ4v) is 6.78. The fourth-order valence-electron chi connectivity index (χ4n) is 5.29. The van der Waals surface area contributed by atoms with E-state index in [9.17, 15) is 35.0 Å². The van der Waals surface area contributed by atoms with Crippen LogP contribution in [0.4, 0.5) is 0 Å². The van der Waals surface area contributed by atoms with Gasteiger partial charge >= 0.3 is 7.60 Å². The minimum Gasteiger partial charge on any atom is -0.396 e. The van der Waals surface area contributed by atoms with E-state index in [1.165, 1.54) is 90.6 Å². The summed E-state index contributed by atoms with van der Waals surface area (Å²) in [5, 5.41) is 49.7. The molecule has 0 aromatic rings. The van der Waals surface area contributed by atoms with Crippen LogP contribution in [0.25, 0.3) is 0 Å². The van der Waals surface area contributed by atoms with Crippen molar-refractivity contribution in [2.24, 2.45) is 5.92 Å². The summed E-state index contributed by atoms with van der Waals surface area (Å²) in [6.45, 7) is 2.15. The van der Waals surface area contributed by atoms with Crippen molar-refractivity contribution in [1.82, 2.24) is 0 Å². The van der Waals surface area contributed by atoms with Gasteiger partial charge in [-0.05, 0) is 6.42 Å². The van der Waals surface area contributed by atoms with Crippen molar-refractivity contribution in [2.75, 3.05) is 33.1 Å². The maximum atomic E-state index is 12.7. The van der Waals surface area contributed by atoms with Crippen LogP contribution >= 0.6 is 7.60 Å². The predicted molar refractivity (Wildman–Crippen MR) is 155 cm³/mol. The van der Waals surface area contributed by atoms with Gasteiger partial charge in [-0.25, -0.2) is 0 Å². The summed E-state index contributed by atoms with van der Waals surface area (Å²) in [5.41, 5.74) is 0. The maximum Gasteiger partial charge on any atom is 0.331 e. The molecular weight excluding hydrogens is 539 g/mol. The number of aliphatic hydroxyl groups excluding tert-OH is 5. The molecule has 1 fully saturated rings. The number of methoxy groups -OCH3 is 1. The molecule has 1 unspecified atom stereocenters. The highest BCUT2D eigenvalue weighted by Gasteiger charge is 2.51. The average molecular weight is 599 g/mol. The zero-order valence-electron chi connectivity index (χ0n) is 24.9. The molecule has 1 aliphatic carbocycles. The first-order valence-corrected chi connectivity index (χ1v) is 17.4. The van der Waals surface area contributed by atoms with Crippen molar-refractivity contribution in [3.05, 3.63) is 0 Å². The van der Waals surface area contributed by atoms with Crippen LogP contribution in [0.15, 0.2) is 0 Å². The third-order valence-corrected chi connectivity index (χ3v) is 9.40. The predicted octanol–water partition coefficient (Wildman–Crippen LogP) is 3.92. The Hall–Kier alpha value is -0.130. The molecule has 0 aromatic heterocycles. The summed E-state index contributed by atoms with van der Waals surface area (Å²) in [7, 11) is -3.00. The highest BCUT2D eigenvalue weighted by molar-refractivity contribution is 7.52. The van der Waals surface area contributed by atoms with Gasteiger partial charge < -0.3 is 39.9 Å². The van der Waals surface area contributed by atoms with E-state index in [4.69, 9.17) is 14.0 Å². The van der Waals surface area contributed by atoms with E-state index in [2.05, 4.69) is 6.92 Å². The smallest absolute Gasteiger partial charge is 0.331 e. The Morgan fingerprint density at radius 3 is 1.62 bits per heavy atom. The van der Waals surface area contributed by atoms with Crippen LogP contribution in [0.3, 0.4) is 0 Å². The molecule has 0 spiro atoms. The van der Waals surface area contributed by atoms with Crippen LogP contribution in [0, 0.1) is 5.92 Å². The molecule has 1 rings (SSSR count). The molecule has 0 saturated heterocycles. The third kappa shape index (κ3) is 15.4. The first kappa shape index (κ1) is 37.9. The van der Waals surface area contributed by atoms with Gasteiger partial charge in [-0.2, -0.15) is 0 Å².